The van der Waals surface area contributed by atoms with Gasteiger partial charge in [0, 0.05) is 27.1 Å². The number of esters is 2. The lowest BCUT2D eigenvalue weighted by Crippen LogP contribution is -2.66. The summed E-state index contributed by atoms with van der Waals surface area (Å²) in [5.74, 6) is -8.57. The van der Waals surface area contributed by atoms with Crippen LogP contribution in [0.3, 0.4) is 0 Å². The molecule has 3 heterocycles. The number of ether oxygens (including phenoxy) is 2. The van der Waals surface area contributed by atoms with Gasteiger partial charge in [-0.05, 0) is 56.6 Å². The quantitative estimate of drug-likeness (QED) is 0.175. The molecule has 0 spiro atoms. The lowest BCUT2D eigenvalue weighted by Gasteiger charge is -2.41. The van der Waals surface area contributed by atoms with Crippen molar-refractivity contribution in [3.63, 3.8) is 0 Å². The highest BCUT2D eigenvalue weighted by molar-refractivity contribution is 5.99. The van der Waals surface area contributed by atoms with Crippen LogP contribution in [0.2, 0.25) is 0 Å². The summed E-state index contributed by atoms with van der Waals surface area (Å²) < 4.78 is 10.8. The van der Waals surface area contributed by atoms with Crippen molar-refractivity contribution in [2.45, 2.75) is 117 Å². The van der Waals surface area contributed by atoms with Crippen molar-refractivity contribution in [2.24, 2.45) is 29.4 Å². The molecule has 1 aromatic heterocycles. The minimum Gasteiger partial charge on any atom is -0.461 e. The molecule has 1 aromatic carbocycles. The Labute approximate surface area is 403 Å². The molecule has 8 unspecified atom stereocenters. The van der Waals surface area contributed by atoms with Gasteiger partial charge >= 0.3 is 17.8 Å². The van der Waals surface area contributed by atoms with E-state index in [4.69, 9.17) is 15.2 Å². The lowest BCUT2D eigenvalue weighted by atomic mass is 9.87. The monoisotopic (exact) mass is 964 g/mol. The normalized spacial score (nSPS) is 28.1. The fourth-order valence-corrected chi connectivity index (χ4v) is 8.45. The van der Waals surface area contributed by atoms with Crippen molar-refractivity contribution in [2.75, 3.05) is 48.5 Å². The molecule has 0 saturated carbocycles. The molecule has 69 heavy (non-hydrogen) atoms. The molecule has 0 radical (unpaired) electrons. The van der Waals surface area contributed by atoms with E-state index in [9.17, 15) is 38.4 Å². The average molecular weight is 964 g/mol. The summed E-state index contributed by atoms with van der Waals surface area (Å²) in [5.41, 5.74) is 6.93. The van der Waals surface area contributed by atoms with Crippen LogP contribution in [-0.4, -0.2) is 179 Å². The van der Waals surface area contributed by atoms with E-state index in [0.29, 0.717) is 11.0 Å². The Kier molecular flexibility index (Phi) is 18.7. The molecule has 2 aromatic rings. The number of nitrogens with zero attached hydrogens (tertiary/aromatic N) is 6. The van der Waals surface area contributed by atoms with Gasteiger partial charge < -0.3 is 45.9 Å². The predicted octanol–water partition coefficient (Wildman–Crippen LogP) is 0.552. The molecule has 0 saturated heterocycles. The van der Waals surface area contributed by atoms with E-state index >= 15 is 4.79 Å². The molecule has 5 N–H and O–H groups in total. The molecule has 10 atom stereocenters. The third-order valence-electron chi connectivity index (χ3n) is 13.6. The van der Waals surface area contributed by atoms with Crippen molar-refractivity contribution in [3.8, 4) is 0 Å². The number of quaternary nitrogens is 1. The molecule has 0 fully saturated rings. The molecule has 378 valence electrons. The minimum atomic E-state index is -1.63. The number of fused-ring (bicyclic) bond motifs is 5. The lowest BCUT2D eigenvalue weighted by molar-refractivity contribution is -0.837. The maximum absolute atomic E-state index is 15.1. The van der Waals surface area contributed by atoms with Gasteiger partial charge in [0.1, 0.15) is 55.2 Å². The molecule has 21 heteroatoms. The first kappa shape index (κ1) is 55.2. The average Bonchev–Trinajstić information content (AvgIpc) is 3.30. The van der Waals surface area contributed by atoms with Crippen LogP contribution in [0.1, 0.15) is 78.7 Å². The maximum Gasteiger partial charge on any atom is 0.365 e. The molecule has 0 aliphatic carbocycles. The Morgan fingerprint density at radius 2 is 1.25 bits per heavy atom. The number of benzene rings is 1. The Bertz CT molecular complexity index is 2300. The Hall–Kier alpha value is -6.35. The van der Waals surface area contributed by atoms with E-state index in [1.807, 2.05) is 27.7 Å². The number of carbonyl (C=O) groups excluding carboxylic acids is 9. The van der Waals surface area contributed by atoms with Crippen molar-refractivity contribution in [1.29, 1.82) is 0 Å². The summed E-state index contributed by atoms with van der Waals surface area (Å²) in [6, 6.07) is -3.91. The summed E-state index contributed by atoms with van der Waals surface area (Å²) in [7, 11) is 7.16. The van der Waals surface area contributed by atoms with Gasteiger partial charge in [0.2, 0.25) is 29.5 Å². The molecule has 2 aliphatic heterocycles. The van der Waals surface area contributed by atoms with E-state index < -0.39 is 131 Å². The number of hydrogen-bond donors (Lipinski definition) is 4. The van der Waals surface area contributed by atoms with Gasteiger partial charge in [-0.25, -0.2) is 19.4 Å². The number of carbonyl (C=O) groups is 9. The van der Waals surface area contributed by atoms with E-state index in [1.54, 1.807) is 50.3 Å². The zero-order chi connectivity index (χ0) is 51.8. The van der Waals surface area contributed by atoms with Crippen molar-refractivity contribution < 1.29 is 57.1 Å². The fourth-order valence-electron chi connectivity index (χ4n) is 8.45. The number of hydrogen-bond acceptors (Lipinski definition) is 14. The largest absolute Gasteiger partial charge is 0.461 e. The number of likely N-dealkylation sites (N-methyl/N-ethyl adjacent to an activating group) is 4. The van der Waals surface area contributed by atoms with Crippen molar-refractivity contribution in [1.82, 2.24) is 40.6 Å². The number of cyclic esters (lactones) is 2. The van der Waals surface area contributed by atoms with Crippen molar-refractivity contribution in [3.05, 3.63) is 48.3 Å². The summed E-state index contributed by atoms with van der Waals surface area (Å²) in [6.45, 7) is 12.4. The first-order valence-electron chi connectivity index (χ1n) is 23.3. The SMILES string of the molecule is CC1NC(=O)C(N)COC(=O)C(C(C)C(C)C)[N+](C)(C)C(=O)[C@@H]2C/C=C\C[C@@H](C(=O)N(C)C(C(C)C(C)C)C(=O)OCC(NC(=O)c3cnc4ccccc4n3)C(=O)NC(C)C(=O)N2C)N(C)C1=O. The van der Waals surface area contributed by atoms with Crippen LogP contribution in [0, 0.1) is 23.7 Å². The smallest absolute Gasteiger partial charge is 0.365 e. The van der Waals surface area contributed by atoms with Gasteiger partial charge in [-0.3, -0.25) is 38.2 Å². The van der Waals surface area contributed by atoms with Crippen LogP contribution in [-0.2, 0) is 47.8 Å². The summed E-state index contributed by atoms with van der Waals surface area (Å²) >= 11 is 0. The molecule has 2 aliphatic rings. The summed E-state index contributed by atoms with van der Waals surface area (Å²) in [6.07, 6.45) is 4.06. The van der Waals surface area contributed by atoms with Crippen LogP contribution < -0.4 is 21.7 Å². The van der Waals surface area contributed by atoms with Gasteiger partial charge in [-0.2, -0.15) is 0 Å². The van der Waals surface area contributed by atoms with E-state index in [1.165, 1.54) is 60.2 Å². The molecule has 2 bridgehead atoms. The number of nitrogens with one attached hydrogen (secondary N) is 3. The molecule has 21 nitrogen and oxygen atoms in total. The fraction of sp³-hybridized carbons (Fsp3) is 0.604. The van der Waals surface area contributed by atoms with Crippen molar-refractivity contribution >= 4 is 64.3 Å². The Morgan fingerprint density at radius 1 is 0.725 bits per heavy atom. The second kappa shape index (κ2) is 23.3. The second-order valence-corrected chi connectivity index (χ2v) is 19.4. The highest BCUT2D eigenvalue weighted by atomic mass is 16.5. The van der Waals surface area contributed by atoms with Crippen LogP contribution in [0.4, 0.5) is 0 Å². The van der Waals surface area contributed by atoms with Gasteiger partial charge in [-0.15, -0.1) is 0 Å². The third kappa shape index (κ3) is 12.9. The maximum atomic E-state index is 15.1. The number of aromatic nitrogens is 2. The Morgan fingerprint density at radius 3 is 1.83 bits per heavy atom. The van der Waals surface area contributed by atoms with Gasteiger partial charge in [0.05, 0.1) is 31.3 Å². The molecular weight excluding hydrogens is 893 g/mol. The Balaban J connectivity index is 1.92. The van der Waals surface area contributed by atoms with Crippen LogP contribution in [0.15, 0.2) is 42.6 Å². The van der Waals surface area contributed by atoms with E-state index in [2.05, 4.69) is 25.9 Å². The van der Waals surface area contributed by atoms with E-state index in [0.717, 1.165) is 9.80 Å². The predicted molar refractivity (Wildman–Crippen MR) is 253 cm³/mol. The molecule has 4 rings (SSSR count). The zero-order valence-electron chi connectivity index (χ0n) is 42.0. The highest BCUT2D eigenvalue weighted by Crippen LogP contribution is 2.28. The van der Waals surface area contributed by atoms with Crippen LogP contribution >= 0.6 is 0 Å². The van der Waals surface area contributed by atoms with Gasteiger partial charge in [0.15, 0.2) is 12.1 Å². The number of para-hydroxylation sites is 2. The van der Waals surface area contributed by atoms with Crippen LogP contribution in [0.5, 0.6) is 0 Å². The summed E-state index contributed by atoms with van der Waals surface area (Å²) in [4.78, 5) is 140. The molecular formula is C48H71N10O11+. The standard InChI is InChI=1S/C48H70N10O11/c1-25(2)27(5)38-47(66)69-24-35(54-41(60)34-22-50-32-18-14-15-19-33(32)53-34)42(61)52-30(8)44(63)56(10)37-21-17-16-20-36(45(64)57(38)11)55(9)43(62)29(7)51-40(59)31(49)23-68-48(67)39(28(6)26(3)4)58(12,13)46(37)65/h14-19,22,25-31,35-39H,20-21,23-24,49H2,1-13H3,(H2-,51,52,54,59,60,61)/p+1/b17-16-/t27?,28?,29?,30?,31?,35?,36-,37-,38?,39?/m0/s1. The zero-order valence-corrected chi connectivity index (χ0v) is 42.0. The highest BCUT2D eigenvalue weighted by Gasteiger charge is 2.51. The summed E-state index contributed by atoms with van der Waals surface area (Å²) in [5, 5.41) is 7.70. The number of rotatable bonds is 6. The second-order valence-electron chi connectivity index (χ2n) is 19.4. The number of amides is 7. The van der Waals surface area contributed by atoms with E-state index in [-0.39, 0.29) is 30.4 Å². The van der Waals surface area contributed by atoms with Gasteiger partial charge in [0.25, 0.3) is 5.91 Å². The first-order chi connectivity index (χ1) is 32.2. The number of nitrogens with two attached hydrogens (primary N) is 1. The third-order valence-corrected chi connectivity index (χ3v) is 13.6. The topological polar surface area (TPSA) is 270 Å². The minimum absolute atomic E-state index is 0.155. The van der Waals surface area contributed by atoms with Gasteiger partial charge in [-0.1, -0.05) is 65.8 Å². The first-order valence-corrected chi connectivity index (χ1v) is 23.3. The van der Waals surface area contributed by atoms with Crippen LogP contribution in [0.25, 0.3) is 11.0 Å². The molecule has 7 amide bonds.